The van der Waals surface area contributed by atoms with E-state index in [2.05, 4.69) is 0 Å². The number of aliphatic hydroxyl groups excluding tert-OH is 1. The van der Waals surface area contributed by atoms with Crippen molar-refractivity contribution in [2.24, 2.45) is 11.8 Å². The van der Waals surface area contributed by atoms with Crippen LogP contribution < -0.4 is 0 Å². The van der Waals surface area contributed by atoms with Crippen LogP contribution in [0.2, 0.25) is 0 Å². The van der Waals surface area contributed by atoms with Crippen molar-refractivity contribution in [2.45, 2.75) is 19.8 Å². The maximum absolute atomic E-state index is 11.9. The van der Waals surface area contributed by atoms with Gasteiger partial charge in [0.1, 0.15) is 0 Å². The van der Waals surface area contributed by atoms with Gasteiger partial charge >= 0.3 is 0 Å². The molecule has 1 aliphatic rings. The average Bonchev–Trinajstić information content (AvgIpc) is 2.28. The number of hydrogen-bond donors (Lipinski definition) is 1. The third-order valence-electron chi connectivity index (χ3n) is 3.02. The van der Waals surface area contributed by atoms with Gasteiger partial charge in [0.2, 0.25) is 5.91 Å². The molecule has 1 rings (SSSR count). The molecule has 1 unspecified atom stereocenters. The highest BCUT2D eigenvalue weighted by Gasteiger charge is 2.25. The predicted octanol–water partition coefficient (Wildman–Crippen LogP) is 1.22. The van der Waals surface area contributed by atoms with Crippen LogP contribution in [0.3, 0.4) is 0 Å². The summed E-state index contributed by atoms with van der Waals surface area (Å²) < 4.78 is 0. The lowest BCUT2D eigenvalue weighted by Crippen LogP contribution is -2.42. The molecule has 1 saturated heterocycles. The second kappa shape index (κ2) is 6.38. The fourth-order valence-electron chi connectivity index (χ4n) is 1.97. The topological polar surface area (TPSA) is 40.5 Å². The van der Waals surface area contributed by atoms with Gasteiger partial charge in [-0.3, -0.25) is 4.79 Å². The molecular weight excluding hydrogens is 210 g/mol. The molecule has 1 N–H and O–H groups in total. The standard InChI is InChI=1S/C11H21NO2S/c1-9(8-15-2)11(14)12-5-3-10(7-13)4-6-12/h9-10,13H,3-8H2,1-2H3. The lowest BCUT2D eigenvalue weighted by molar-refractivity contribution is -0.135. The van der Waals surface area contributed by atoms with Crippen molar-refractivity contribution in [3.8, 4) is 0 Å². The van der Waals surface area contributed by atoms with Crippen LogP contribution in [0, 0.1) is 11.8 Å². The number of likely N-dealkylation sites (tertiary alicyclic amines) is 1. The molecule has 3 nitrogen and oxygen atoms in total. The van der Waals surface area contributed by atoms with Crippen LogP contribution >= 0.6 is 11.8 Å². The largest absolute Gasteiger partial charge is 0.396 e. The Balaban J connectivity index is 2.35. The zero-order chi connectivity index (χ0) is 11.3. The van der Waals surface area contributed by atoms with Gasteiger partial charge in [0.05, 0.1) is 0 Å². The number of rotatable bonds is 4. The molecule has 0 saturated carbocycles. The van der Waals surface area contributed by atoms with E-state index in [0.29, 0.717) is 5.92 Å². The Morgan fingerprint density at radius 2 is 2.13 bits per heavy atom. The summed E-state index contributed by atoms with van der Waals surface area (Å²) in [6.45, 7) is 3.91. The number of piperidine rings is 1. The molecule has 4 heteroatoms. The van der Waals surface area contributed by atoms with Crippen molar-refractivity contribution in [3.05, 3.63) is 0 Å². The molecule has 0 aromatic heterocycles. The summed E-state index contributed by atoms with van der Waals surface area (Å²) in [7, 11) is 0. The molecule has 88 valence electrons. The van der Waals surface area contributed by atoms with Crippen LogP contribution in [0.15, 0.2) is 0 Å². The summed E-state index contributed by atoms with van der Waals surface area (Å²) in [6, 6.07) is 0. The van der Waals surface area contributed by atoms with Gasteiger partial charge in [0.25, 0.3) is 0 Å². The zero-order valence-corrected chi connectivity index (χ0v) is 10.4. The number of nitrogens with zero attached hydrogens (tertiary/aromatic N) is 1. The summed E-state index contributed by atoms with van der Waals surface area (Å²) in [5, 5.41) is 9.00. The Morgan fingerprint density at radius 1 is 1.53 bits per heavy atom. The number of hydrogen-bond acceptors (Lipinski definition) is 3. The van der Waals surface area contributed by atoms with Crippen LogP contribution in [-0.4, -0.2) is 47.6 Å². The normalized spacial score (nSPS) is 20.3. The van der Waals surface area contributed by atoms with Gasteiger partial charge in [-0.05, 0) is 25.0 Å². The first-order valence-electron chi connectivity index (χ1n) is 5.57. The number of carbonyl (C=O) groups is 1. The molecule has 1 aliphatic heterocycles. The molecule has 0 spiro atoms. The molecule has 1 amide bonds. The third kappa shape index (κ3) is 3.68. The number of aliphatic hydroxyl groups is 1. The Bertz CT molecular complexity index is 203. The Kier molecular flexibility index (Phi) is 5.47. The van der Waals surface area contributed by atoms with Gasteiger partial charge < -0.3 is 10.0 Å². The van der Waals surface area contributed by atoms with E-state index < -0.39 is 0 Å². The van der Waals surface area contributed by atoms with Crippen molar-refractivity contribution in [1.29, 1.82) is 0 Å². The van der Waals surface area contributed by atoms with E-state index >= 15 is 0 Å². The molecule has 1 atom stereocenters. The quantitative estimate of drug-likeness (QED) is 0.791. The van der Waals surface area contributed by atoms with E-state index in [1.54, 1.807) is 11.8 Å². The average molecular weight is 231 g/mol. The van der Waals surface area contributed by atoms with Crippen molar-refractivity contribution in [2.75, 3.05) is 31.7 Å². The van der Waals surface area contributed by atoms with Gasteiger partial charge in [-0.25, -0.2) is 0 Å². The summed E-state index contributed by atoms with van der Waals surface area (Å²) in [5.41, 5.74) is 0. The molecular formula is C11H21NO2S. The number of carbonyl (C=O) groups excluding carboxylic acids is 1. The zero-order valence-electron chi connectivity index (χ0n) is 9.61. The van der Waals surface area contributed by atoms with Crippen molar-refractivity contribution in [1.82, 2.24) is 4.90 Å². The Morgan fingerprint density at radius 3 is 2.60 bits per heavy atom. The first-order valence-corrected chi connectivity index (χ1v) is 6.97. The highest BCUT2D eigenvalue weighted by atomic mass is 32.2. The SMILES string of the molecule is CSCC(C)C(=O)N1CCC(CO)CC1. The molecule has 0 bridgehead atoms. The van der Waals surface area contributed by atoms with E-state index in [1.165, 1.54) is 0 Å². The second-order valence-corrected chi connectivity index (χ2v) is 5.22. The maximum Gasteiger partial charge on any atom is 0.226 e. The summed E-state index contributed by atoms with van der Waals surface area (Å²) in [4.78, 5) is 13.9. The van der Waals surface area contributed by atoms with Gasteiger partial charge in [-0.1, -0.05) is 6.92 Å². The van der Waals surface area contributed by atoms with E-state index in [4.69, 9.17) is 5.11 Å². The lowest BCUT2D eigenvalue weighted by Gasteiger charge is -2.32. The van der Waals surface area contributed by atoms with Gasteiger partial charge in [0, 0.05) is 31.4 Å². The van der Waals surface area contributed by atoms with Crippen molar-refractivity contribution < 1.29 is 9.90 Å². The molecule has 1 heterocycles. The first-order chi connectivity index (χ1) is 7.19. The van der Waals surface area contributed by atoms with Crippen LogP contribution in [0.5, 0.6) is 0 Å². The van der Waals surface area contributed by atoms with E-state index in [0.717, 1.165) is 31.7 Å². The fraction of sp³-hybridized carbons (Fsp3) is 0.909. The maximum atomic E-state index is 11.9. The minimum absolute atomic E-state index is 0.130. The minimum atomic E-state index is 0.130. The summed E-state index contributed by atoms with van der Waals surface area (Å²) in [5.74, 6) is 1.72. The highest BCUT2D eigenvalue weighted by molar-refractivity contribution is 7.98. The van der Waals surface area contributed by atoms with Crippen molar-refractivity contribution >= 4 is 17.7 Å². The third-order valence-corrected chi connectivity index (χ3v) is 3.86. The van der Waals surface area contributed by atoms with Crippen LogP contribution in [0.25, 0.3) is 0 Å². The van der Waals surface area contributed by atoms with Gasteiger partial charge in [-0.2, -0.15) is 11.8 Å². The molecule has 0 aromatic carbocycles. The monoisotopic (exact) mass is 231 g/mol. The van der Waals surface area contributed by atoms with E-state index in [9.17, 15) is 4.79 Å². The van der Waals surface area contributed by atoms with Crippen LogP contribution in [-0.2, 0) is 4.79 Å². The molecule has 1 fully saturated rings. The molecule has 0 radical (unpaired) electrons. The summed E-state index contributed by atoms with van der Waals surface area (Å²) in [6.07, 6.45) is 3.93. The van der Waals surface area contributed by atoms with Crippen LogP contribution in [0.1, 0.15) is 19.8 Å². The fourth-order valence-corrected chi connectivity index (χ4v) is 2.61. The van der Waals surface area contributed by atoms with Crippen molar-refractivity contribution in [3.63, 3.8) is 0 Å². The first kappa shape index (κ1) is 12.8. The van der Waals surface area contributed by atoms with Crippen LogP contribution in [0.4, 0.5) is 0 Å². The minimum Gasteiger partial charge on any atom is -0.396 e. The Labute approximate surface area is 96.2 Å². The van der Waals surface area contributed by atoms with Gasteiger partial charge in [0.15, 0.2) is 0 Å². The molecule has 15 heavy (non-hydrogen) atoms. The highest BCUT2D eigenvalue weighted by Crippen LogP contribution is 2.19. The predicted molar refractivity (Wildman–Crippen MR) is 63.9 cm³/mol. The van der Waals surface area contributed by atoms with Gasteiger partial charge in [-0.15, -0.1) is 0 Å². The summed E-state index contributed by atoms with van der Waals surface area (Å²) >= 11 is 1.72. The Hall–Kier alpha value is -0.220. The number of amides is 1. The van der Waals surface area contributed by atoms with E-state index in [1.807, 2.05) is 18.1 Å². The molecule has 0 aliphatic carbocycles. The van der Waals surface area contributed by atoms with E-state index in [-0.39, 0.29) is 18.4 Å². The second-order valence-electron chi connectivity index (χ2n) is 4.31. The number of thioether (sulfide) groups is 1. The molecule has 0 aromatic rings. The lowest BCUT2D eigenvalue weighted by atomic mass is 9.97. The smallest absolute Gasteiger partial charge is 0.226 e.